The third-order valence-corrected chi connectivity index (χ3v) is 4.09. The molecular formula is C15H21N3O3. The van der Waals surface area contributed by atoms with Crippen molar-refractivity contribution in [1.82, 2.24) is 4.90 Å². The molecule has 1 aromatic heterocycles. The smallest absolute Gasteiger partial charge is 0.243 e. The van der Waals surface area contributed by atoms with Crippen LogP contribution in [0.15, 0.2) is 4.42 Å². The van der Waals surface area contributed by atoms with Gasteiger partial charge in [-0.1, -0.05) is 0 Å². The molecule has 21 heavy (non-hydrogen) atoms. The first-order chi connectivity index (χ1) is 9.93. The zero-order valence-corrected chi connectivity index (χ0v) is 12.6. The van der Waals surface area contributed by atoms with Crippen molar-refractivity contribution in [3.8, 4) is 6.07 Å². The van der Waals surface area contributed by atoms with Crippen molar-refractivity contribution in [3.63, 3.8) is 0 Å². The third-order valence-electron chi connectivity index (χ3n) is 4.09. The lowest BCUT2D eigenvalue weighted by molar-refractivity contribution is -0.121. The molecule has 1 aliphatic heterocycles. The van der Waals surface area contributed by atoms with Crippen LogP contribution in [0.5, 0.6) is 0 Å². The molecule has 2 rings (SSSR count). The molecule has 1 fully saturated rings. The molecule has 2 heterocycles. The summed E-state index contributed by atoms with van der Waals surface area (Å²) in [6, 6.07) is 1.68. The average molecular weight is 291 g/mol. The van der Waals surface area contributed by atoms with Gasteiger partial charge in [-0.05, 0) is 40.2 Å². The maximum Gasteiger partial charge on any atom is 0.243 e. The summed E-state index contributed by atoms with van der Waals surface area (Å²) in [6.45, 7) is 6.62. The molecule has 6 nitrogen and oxygen atoms in total. The molecule has 1 saturated heterocycles. The van der Waals surface area contributed by atoms with Gasteiger partial charge in [0.2, 0.25) is 11.8 Å². The molecule has 0 spiro atoms. The number of anilines is 1. The van der Waals surface area contributed by atoms with Crippen LogP contribution in [0.3, 0.4) is 0 Å². The largest absolute Gasteiger partial charge is 0.444 e. The molecule has 0 aliphatic carbocycles. The van der Waals surface area contributed by atoms with Crippen molar-refractivity contribution in [2.45, 2.75) is 45.8 Å². The summed E-state index contributed by atoms with van der Waals surface area (Å²) in [5.74, 6) is 0.610. The summed E-state index contributed by atoms with van der Waals surface area (Å²) >= 11 is 0. The summed E-state index contributed by atoms with van der Waals surface area (Å²) < 4.78 is 5.44. The van der Waals surface area contributed by atoms with Gasteiger partial charge in [-0.2, -0.15) is 5.26 Å². The minimum Gasteiger partial charge on any atom is -0.444 e. The number of nitriles is 1. The highest BCUT2D eigenvalue weighted by atomic mass is 16.4. The van der Waals surface area contributed by atoms with Crippen LogP contribution in [-0.2, 0) is 4.79 Å². The first-order valence-electron chi connectivity index (χ1n) is 7.17. The Balaban J connectivity index is 2.07. The van der Waals surface area contributed by atoms with Crippen molar-refractivity contribution in [2.24, 2.45) is 0 Å². The van der Waals surface area contributed by atoms with Gasteiger partial charge in [0.15, 0.2) is 0 Å². The molecule has 114 valence electrons. The molecule has 0 aromatic carbocycles. The lowest BCUT2D eigenvalue weighted by atomic mass is 10.1. The fourth-order valence-corrected chi connectivity index (χ4v) is 2.57. The second-order valence-electron chi connectivity index (χ2n) is 5.56. The van der Waals surface area contributed by atoms with Crippen LogP contribution >= 0.6 is 0 Å². The van der Waals surface area contributed by atoms with Gasteiger partial charge in [-0.25, -0.2) is 0 Å². The number of aryl methyl sites for hydroxylation is 1. The molecule has 1 aromatic rings. The Morgan fingerprint density at radius 1 is 1.57 bits per heavy atom. The third kappa shape index (κ3) is 3.26. The van der Waals surface area contributed by atoms with E-state index in [0.29, 0.717) is 17.9 Å². The van der Waals surface area contributed by atoms with E-state index in [1.807, 2.05) is 4.90 Å². The summed E-state index contributed by atoms with van der Waals surface area (Å²) in [5.41, 5.74) is 1.11. The predicted molar refractivity (Wildman–Crippen MR) is 77.8 cm³/mol. The number of furan rings is 1. The minimum absolute atomic E-state index is 0.210. The Hall–Kier alpha value is -1.84. The minimum atomic E-state index is -0.378. The number of β-amino-alcohol motifs (C(OH)–C–C–N with tert-alkyl or cyclic N) is 1. The summed E-state index contributed by atoms with van der Waals surface area (Å²) in [6.07, 6.45) is 1.28. The van der Waals surface area contributed by atoms with Gasteiger partial charge in [-0.15, -0.1) is 0 Å². The van der Waals surface area contributed by atoms with Crippen molar-refractivity contribution < 1.29 is 14.3 Å². The van der Waals surface area contributed by atoms with E-state index in [0.717, 1.165) is 24.9 Å². The number of amides is 1. The van der Waals surface area contributed by atoms with Crippen LogP contribution in [0, 0.1) is 25.2 Å². The number of rotatable bonds is 3. The number of nitrogens with zero attached hydrogens (tertiary/aromatic N) is 2. The van der Waals surface area contributed by atoms with Gasteiger partial charge in [0.25, 0.3) is 0 Å². The molecule has 2 atom stereocenters. The monoisotopic (exact) mass is 291 g/mol. The maximum atomic E-state index is 12.3. The molecule has 1 aliphatic rings. The average Bonchev–Trinajstić information content (AvgIpc) is 2.72. The Kier molecular flexibility index (Phi) is 4.66. The molecule has 0 saturated carbocycles. The first-order valence-corrected chi connectivity index (χ1v) is 7.17. The normalized spacial score (nSPS) is 20.8. The van der Waals surface area contributed by atoms with Gasteiger partial charge in [0.05, 0.1) is 12.1 Å². The van der Waals surface area contributed by atoms with Gasteiger partial charge >= 0.3 is 0 Å². The van der Waals surface area contributed by atoms with Crippen LogP contribution in [-0.4, -0.2) is 41.1 Å². The zero-order valence-electron chi connectivity index (χ0n) is 12.6. The molecular weight excluding hydrogens is 270 g/mol. The fourth-order valence-electron chi connectivity index (χ4n) is 2.57. The van der Waals surface area contributed by atoms with E-state index in [1.165, 1.54) is 0 Å². The second-order valence-corrected chi connectivity index (χ2v) is 5.56. The molecule has 1 amide bonds. The van der Waals surface area contributed by atoms with E-state index < -0.39 is 0 Å². The summed E-state index contributed by atoms with van der Waals surface area (Å²) in [5, 5.41) is 21.5. The number of hydrogen-bond donors (Lipinski definition) is 2. The maximum absolute atomic E-state index is 12.3. The number of nitrogens with one attached hydrogen (secondary N) is 1. The quantitative estimate of drug-likeness (QED) is 0.882. The molecule has 0 radical (unpaired) electrons. The highest BCUT2D eigenvalue weighted by Gasteiger charge is 2.28. The van der Waals surface area contributed by atoms with E-state index in [1.54, 1.807) is 20.8 Å². The van der Waals surface area contributed by atoms with Crippen LogP contribution in [0.1, 0.15) is 36.7 Å². The number of piperidine rings is 1. The molecule has 6 heteroatoms. The molecule has 2 N–H and O–H groups in total. The fraction of sp³-hybridized carbons (Fsp3) is 0.600. The van der Waals surface area contributed by atoms with Gasteiger partial charge < -0.3 is 9.52 Å². The summed E-state index contributed by atoms with van der Waals surface area (Å²) in [7, 11) is 0. The van der Waals surface area contributed by atoms with E-state index in [4.69, 9.17) is 9.68 Å². The van der Waals surface area contributed by atoms with Crippen LogP contribution < -0.4 is 5.32 Å². The molecule has 0 bridgehead atoms. The lowest BCUT2D eigenvalue weighted by Gasteiger charge is -2.33. The molecule has 2 unspecified atom stereocenters. The number of carbonyl (C=O) groups excluding carboxylic acids is 1. The lowest BCUT2D eigenvalue weighted by Crippen LogP contribution is -2.48. The Morgan fingerprint density at radius 3 is 2.90 bits per heavy atom. The van der Waals surface area contributed by atoms with E-state index in [2.05, 4.69) is 11.4 Å². The second kappa shape index (κ2) is 6.29. The Morgan fingerprint density at radius 2 is 2.29 bits per heavy atom. The number of carbonyl (C=O) groups is 1. The van der Waals surface area contributed by atoms with Crippen molar-refractivity contribution in [3.05, 3.63) is 16.9 Å². The van der Waals surface area contributed by atoms with Crippen LogP contribution in [0.25, 0.3) is 0 Å². The predicted octanol–water partition coefficient (Wildman–Crippen LogP) is 1.55. The zero-order chi connectivity index (χ0) is 15.6. The number of aliphatic hydroxyl groups is 1. The van der Waals surface area contributed by atoms with Crippen molar-refractivity contribution >= 4 is 11.8 Å². The summed E-state index contributed by atoms with van der Waals surface area (Å²) in [4.78, 5) is 14.2. The number of hydrogen-bond acceptors (Lipinski definition) is 5. The number of aliphatic hydroxyl groups excluding tert-OH is 1. The Bertz CT molecular complexity index is 573. The van der Waals surface area contributed by atoms with E-state index in [-0.39, 0.29) is 23.9 Å². The SMILES string of the molecule is Cc1oc(NC(=O)C(C)N2CCCC(O)C2)c(C#N)c1C. The highest BCUT2D eigenvalue weighted by Crippen LogP contribution is 2.25. The van der Waals surface area contributed by atoms with Crippen LogP contribution in [0.2, 0.25) is 0 Å². The highest BCUT2D eigenvalue weighted by molar-refractivity contribution is 5.94. The topological polar surface area (TPSA) is 89.5 Å². The van der Waals surface area contributed by atoms with Crippen LogP contribution in [0.4, 0.5) is 5.88 Å². The van der Waals surface area contributed by atoms with Crippen molar-refractivity contribution in [1.29, 1.82) is 5.26 Å². The van der Waals surface area contributed by atoms with Gasteiger partial charge in [0.1, 0.15) is 17.4 Å². The van der Waals surface area contributed by atoms with E-state index >= 15 is 0 Å². The standard InChI is InChI=1S/C15H21N3O3/c1-9-11(3)21-15(13(9)7-16)17-14(20)10(2)18-6-4-5-12(19)8-18/h10,12,19H,4-6,8H2,1-3H3,(H,17,20). The first kappa shape index (κ1) is 15.5. The van der Waals surface area contributed by atoms with Gasteiger partial charge in [0, 0.05) is 12.1 Å². The van der Waals surface area contributed by atoms with Gasteiger partial charge in [-0.3, -0.25) is 15.0 Å². The number of likely N-dealkylation sites (tertiary alicyclic amines) is 1. The van der Waals surface area contributed by atoms with Crippen molar-refractivity contribution in [2.75, 3.05) is 18.4 Å². The Labute approximate surface area is 124 Å². The van der Waals surface area contributed by atoms with E-state index in [9.17, 15) is 9.90 Å².